The van der Waals surface area contributed by atoms with E-state index >= 15 is 0 Å². The smallest absolute Gasteiger partial charge is 0.434 e. The van der Waals surface area contributed by atoms with Gasteiger partial charge in [0, 0.05) is 18.8 Å². The normalized spacial score (nSPS) is 22.1. The van der Waals surface area contributed by atoms with E-state index in [2.05, 4.69) is 24.7 Å². The number of aliphatic imine (C=N–C) groups is 1. The Kier molecular flexibility index (Phi) is 6.48. The minimum Gasteiger partial charge on any atom is -0.440 e. The quantitative estimate of drug-likeness (QED) is 0.668. The van der Waals surface area contributed by atoms with Crippen LogP contribution >= 0.6 is 0 Å². The summed E-state index contributed by atoms with van der Waals surface area (Å²) >= 11 is 0. The van der Waals surface area contributed by atoms with Crippen molar-refractivity contribution < 1.29 is 35.8 Å². The molecule has 1 fully saturated rings. The van der Waals surface area contributed by atoms with E-state index < -0.39 is 24.5 Å². The number of hydrogen-bond donors (Lipinski definition) is 0. The number of morpholine rings is 1. The van der Waals surface area contributed by atoms with Crippen LogP contribution in [0.5, 0.6) is 6.01 Å². The molecule has 2 heterocycles. The van der Waals surface area contributed by atoms with Crippen molar-refractivity contribution in [1.82, 2.24) is 15.0 Å². The molecule has 13 heteroatoms. The van der Waals surface area contributed by atoms with Crippen molar-refractivity contribution in [2.45, 2.75) is 38.2 Å². The van der Waals surface area contributed by atoms with Crippen LogP contribution < -0.4 is 9.64 Å². The number of rotatable bonds is 4. The van der Waals surface area contributed by atoms with Crippen LogP contribution in [0.25, 0.3) is 0 Å². The fourth-order valence-electron chi connectivity index (χ4n) is 2.82. The predicted molar refractivity (Wildman–Crippen MR) is 94.0 cm³/mol. The van der Waals surface area contributed by atoms with Gasteiger partial charge in [-0.15, -0.1) is 0 Å². The highest BCUT2D eigenvalue weighted by Gasteiger charge is 2.59. The molecule has 1 aliphatic carbocycles. The molecule has 2 aliphatic rings. The number of ether oxygens (including phenoxy) is 2. The number of aromatic nitrogens is 3. The predicted octanol–water partition coefficient (Wildman–Crippen LogP) is 3.64. The highest BCUT2D eigenvalue weighted by Crippen LogP contribution is 2.36. The van der Waals surface area contributed by atoms with Crippen LogP contribution in [0.3, 0.4) is 0 Å². The second-order valence-corrected chi connectivity index (χ2v) is 6.88. The van der Waals surface area contributed by atoms with Crippen LogP contribution in [0.2, 0.25) is 0 Å². The number of alkyl halides is 6. The first-order valence-electron chi connectivity index (χ1n) is 9.17. The molecule has 0 amide bonds. The highest BCUT2D eigenvalue weighted by atomic mass is 19.4. The van der Waals surface area contributed by atoms with Gasteiger partial charge in [-0.2, -0.15) is 41.3 Å². The summed E-state index contributed by atoms with van der Waals surface area (Å²) in [6.07, 6.45) is -10.5. The standard InChI is InChI=1S/C17H19F6N5O2/c1-10-2-4-11(5-3-10)24-13-25-14(28-6-8-29-9-7-28)27-15(26-13)30-12(16(18,19)20)17(21,22)23/h2,4,10,12H,3,5-9H2,1H3. The van der Waals surface area contributed by atoms with E-state index in [4.69, 9.17) is 4.74 Å². The summed E-state index contributed by atoms with van der Waals surface area (Å²) in [4.78, 5) is 17.1. The molecule has 7 nitrogen and oxygen atoms in total. The van der Waals surface area contributed by atoms with Gasteiger partial charge in [0.15, 0.2) is 0 Å². The molecule has 0 saturated carbocycles. The third-order valence-electron chi connectivity index (χ3n) is 4.42. The van der Waals surface area contributed by atoms with Crippen molar-refractivity contribution >= 4 is 17.6 Å². The minimum atomic E-state index is -5.70. The van der Waals surface area contributed by atoms with Crippen molar-refractivity contribution in [3.05, 3.63) is 12.2 Å². The van der Waals surface area contributed by atoms with Gasteiger partial charge in [0.25, 0.3) is 12.1 Å². The van der Waals surface area contributed by atoms with E-state index in [0.29, 0.717) is 44.4 Å². The SMILES string of the molecule is CC1C=CC(=Nc2nc(OC(C(F)(F)F)C(F)(F)F)nc(N3CCOCC3)n2)CC1. The third kappa shape index (κ3) is 5.80. The molecular weight excluding hydrogens is 420 g/mol. The molecule has 1 aromatic heterocycles. The van der Waals surface area contributed by atoms with Crippen molar-refractivity contribution in [2.24, 2.45) is 10.9 Å². The Labute approximate surface area is 167 Å². The lowest BCUT2D eigenvalue weighted by Gasteiger charge is -2.27. The molecule has 0 radical (unpaired) electrons. The van der Waals surface area contributed by atoms with Crippen molar-refractivity contribution in [3.8, 4) is 6.01 Å². The summed E-state index contributed by atoms with van der Waals surface area (Å²) in [5, 5.41) is 0. The fourth-order valence-corrected chi connectivity index (χ4v) is 2.82. The summed E-state index contributed by atoms with van der Waals surface area (Å²) < 4.78 is 86.7. The summed E-state index contributed by atoms with van der Waals surface area (Å²) in [5.41, 5.74) is 0.557. The second-order valence-electron chi connectivity index (χ2n) is 6.88. The number of hydrogen-bond acceptors (Lipinski definition) is 7. The van der Waals surface area contributed by atoms with E-state index in [-0.39, 0.29) is 11.9 Å². The van der Waals surface area contributed by atoms with Crippen LogP contribution in [0, 0.1) is 5.92 Å². The van der Waals surface area contributed by atoms with Crippen LogP contribution in [-0.2, 0) is 4.74 Å². The largest absolute Gasteiger partial charge is 0.440 e. The number of halogens is 6. The fraction of sp³-hybridized carbons (Fsp3) is 0.647. The molecule has 0 bridgehead atoms. The molecule has 1 aromatic rings. The number of allylic oxidation sites excluding steroid dienone is 2. The second kappa shape index (κ2) is 8.74. The number of anilines is 1. The van der Waals surface area contributed by atoms with Crippen molar-refractivity contribution in [1.29, 1.82) is 0 Å². The molecule has 1 saturated heterocycles. The van der Waals surface area contributed by atoms with Gasteiger partial charge in [-0.05, 0) is 24.8 Å². The Morgan fingerprint density at radius 3 is 2.33 bits per heavy atom. The molecule has 0 aromatic carbocycles. The Morgan fingerprint density at radius 2 is 1.77 bits per heavy atom. The van der Waals surface area contributed by atoms with Crippen molar-refractivity contribution in [3.63, 3.8) is 0 Å². The molecule has 3 rings (SSSR count). The highest BCUT2D eigenvalue weighted by molar-refractivity contribution is 5.96. The van der Waals surface area contributed by atoms with E-state index in [1.807, 2.05) is 13.0 Å². The van der Waals surface area contributed by atoms with Gasteiger partial charge < -0.3 is 14.4 Å². The maximum absolute atomic E-state index is 12.9. The third-order valence-corrected chi connectivity index (χ3v) is 4.42. The Morgan fingerprint density at radius 1 is 1.10 bits per heavy atom. The van der Waals surface area contributed by atoms with E-state index in [1.54, 1.807) is 11.0 Å². The minimum absolute atomic E-state index is 0.126. The maximum atomic E-state index is 12.9. The van der Waals surface area contributed by atoms with Gasteiger partial charge in [-0.25, -0.2) is 4.99 Å². The molecule has 166 valence electrons. The van der Waals surface area contributed by atoms with Crippen LogP contribution in [0.1, 0.15) is 19.8 Å². The lowest BCUT2D eigenvalue weighted by Crippen LogP contribution is -2.47. The first-order valence-corrected chi connectivity index (χ1v) is 9.17. The number of nitrogens with zero attached hydrogens (tertiary/aromatic N) is 5. The van der Waals surface area contributed by atoms with Gasteiger partial charge in [-0.1, -0.05) is 13.0 Å². The zero-order valence-corrected chi connectivity index (χ0v) is 15.9. The Balaban J connectivity index is 1.97. The molecule has 1 atom stereocenters. The van der Waals surface area contributed by atoms with E-state index in [9.17, 15) is 26.3 Å². The molecule has 30 heavy (non-hydrogen) atoms. The topological polar surface area (TPSA) is 72.7 Å². The van der Waals surface area contributed by atoms with Crippen LogP contribution in [0.4, 0.5) is 38.2 Å². The first-order chi connectivity index (χ1) is 14.0. The molecule has 0 spiro atoms. The summed E-state index contributed by atoms with van der Waals surface area (Å²) in [7, 11) is 0. The summed E-state index contributed by atoms with van der Waals surface area (Å²) in [6.45, 7) is 3.23. The van der Waals surface area contributed by atoms with Gasteiger partial charge in [-0.3, -0.25) is 0 Å². The summed E-state index contributed by atoms with van der Waals surface area (Å²) in [6, 6.07) is -1.10. The monoisotopic (exact) mass is 439 g/mol. The van der Waals surface area contributed by atoms with Gasteiger partial charge in [0.2, 0.25) is 5.95 Å². The van der Waals surface area contributed by atoms with E-state index in [0.717, 1.165) is 6.42 Å². The molecule has 1 unspecified atom stereocenters. The lowest BCUT2D eigenvalue weighted by molar-refractivity contribution is -0.301. The average Bonchev–Trinajstić information content (AvgIpc) is 2.67. The average molecular weight is 439 g/mol. The zero-order valence-electron chi connectivity index (χ0n) is 15.9. The van der Waals surface area contributed by atoms with E-state index in [1.165, 1.54) is 0 Å². The Hall–Kier alpha value is -2.44. The zero-order chi connectivity index (χ0) is 21.9. The molecule has 1 aliphatic heterocycles. The van der Waals surface area contributed by atoms with Crippen LogP contribution in [-0.4, -0.2) is 65.4 Å². The lowest BCUT2D eigenvalue weighted by atomic mass is 9.97. The first kappa shape index (κ1) is 22.2. The van der Waals surface area contributed by atoms with Gasteiger partial charge >= 0.3 is 18.4 Å². The molecule has 0 N–H and O–H groups in total. The maximum Gasteiger partial charge on any atom is 0.434 e. The van der Waals surface area contributed by atoms with Crippen molar-refractivity contribution in [2.75, 3.05) is 31.2 Å². The van der Waals surface area contributed by atoms with Crippen LogP contribution in [0.15, 0.2) is 17.1 Å². The van der Waals surface area contributed by atoms with Gasteiger partial charge in [0.1, 0.15) is 0 Å². The Bertz CT molecular complexity index is 791. The molecular formula is C17H19F6N5O2. The summed E-state index contributed by atoms with van der Waals surface area (Å²) in [5.74, 6) is -0.109. The van der Waals surface area contributed by atoms with Gasteiger partial charge in [0.05, 0.1) is 13.2 Å².